The van der Waals surface area contributed by atoms with Gasteiger partial charge < -0.3 is 18.6 Å². The third-order valence-electron chi connectivity index (χ3n) is 12.6. The van der Waals surface area contributed by atoms with Crippen LogP contribution in [0.4, 0.5) is 34.1 Å². The zero-order valence-electron chi connectivity index (χ0n) is 34.9. The van der Waals surface area contributed by atoms with E-state index in [9.17, 15) is 0 Å². The molecule has 2 heterocycles. The van der Waals surface area contributed by atoms with Gasteiger partial charge in [-0.05, 0) is 107 Å². The van der Waals surface area contributed by atoms with Crippen LogP contribution < -0.4 is 9.80 Å². The van der Waals surface area contributed by atoms with Crippen molar-refractivity contribution in [3.63, 3.8) is 0 Å². The highest BCUT2D eigenvalue weighted by Crippen LogP contribution is 2.55. The predicted molar refractivity (Wildman–Crippen MR) is 259 cm³/mol. The Morgan fingerprint density at radius 1 is 0.413 bits per heavy atom. The molecule has 1 aliphatic carbocycles. The molecule has 0 saturated carbocycles. The van der Waals surface area contributed by atoms with Gasteiger partial charge in [0.05, 0.1) is 17.1 Å². The van der Waals surface area contributed by atoms with Crippen LogP contribution in [0.15, 0.2) is 221 Å². The Labute approximate surface area is 365 Å². The maximum absolute atomic E-state index is 6.97. The highest BCUT2D eigenvalue weighted by Gasteiger charge is 2.38. The minimum absolute atomic E-state index is 0.190. The van der Waals surface area contributed by atoms with Crippen molar-refractivity contribution in [3.8, 4) is 33.7 Å². The maximum atomic E-state index is 6.97. The summed E-state index contributed by atoms with van der Waals surface area (Å²) in [5, 5.41) is 2.12. The highest BCUT2D eigenvalue weighted by atomic mass is 16.3. The van der Waals surface area contributed by atoms with Crippen LogP contribution >= 0.6 is 0 Å². The lowest BCUT2D eigenvalue weighted by Crippen LogP contribution is -2.16. The summed E-state index contributed by atoms with van der Waals surface area (Å²) in [4.78, 5) is 9.99. The lowest BCUT2D eigenvalue weighted by atomic mass is 9.82. The molecular formula is C58H41N3O2. The molecular weight excluding hydrogens is 771 g/mol. The first-order valence-corrected chi connectivity index (χ1v) is 21.5. The topological polar surface area (TPSA) is 45.7 Å². The van der Waals surface area contributed by atoms with E-state index in [4.69, 9.17) is 13.8 Å². The molecule has 0 atom stereocenters. The predicted octanol–water partition coefficient (Wildman–Crippen LogP) is 16.3. The summed E-state index contributed by atoms with van der Waals surface area (Å²) in [5.41, 5.74) is 17.1. The average Bonchev–Trinajstić information content (AvgIpc) is 4.01. The fourth-order valence-electron chi connectivity index (χ4n) is 9.66. The minimum Gasteiger partial charge on any atom is -0.456 e. The third kappa shape index (κ3) is 6.04. The first-order valence-electron chi connectivity index (χ1n) is 21.5. The van der Waals surface area contributed by atoms with Gasteiger partial charge in [-0.25, -0.2) is 4.98 Å². The van der Waals surface area contributed by atoms with Gasteiger partial charge in [0, 0.05) is 44.4 Å². The summed E-state index contributed by atoms with van der Waals surface area (Å²) in [6.45, 7) is 4.66. The molecule has 11 aromatic rings. The van der Waals surface area contributed by atoms with Crippen LogP contribution in [-0.2, 0) is 5.41 Å². The minimum atomic E-state index is -0.190. The number of benzene rings is 9. The second kappa shape index (κ2) is 14.5. The Hall–Kier alpha value is -8.15. The van der Waals surface area contributed by atoms with Crippen LogP contribution in [0.3, 0.4) is 0 Å². The van der Waals surface area contributed by atoms with Gasteiger partial charge in [0.25, 0.3) is 0 Å². The van der Waals surface area contributed by atoms with E-state index >= 15 is 0 Å². The van der Waals surface area contributed by atoms with Gasteiger partial charge in [0.2, 0.25) is 5.89 Å². The first kappa shape index (κ1) is 36.7. The monoisotopic (exact) mass is 811 g/mol. The molecule has 0 bridgehead atoms. The van der Waals surface area contributed by atoms with Gasteiger partial charge in [-0.1, -0.05) is 147 Å². The fourth-order valence-corrected chi connectivity index (χ4v) is 9.66. The maximum Gasteiger partial charge on any atom is 0.227 e. The van der Waals surface area contributed by atoms with E-state index < -0.39 is 0 Å². The smallest absolute Gasteiger partial charge is 0.227 e. The summed E-state index contributed by atoms with van der Waals surface area (Å²) >= 11 is 0. The molecule has 0 radical (unpaired) electrons. The number of aromatic nitrogens is 1. The SMILES string of the molecule is CC1(C)c2ccccc2-c2c(N(c3ccccc3)c3cc(N(c4cccc(-c5ccccc5)c4)c4ccc5oc6ccccc6c5c4)cc4nc(-c5ccccc5)oc34)cccc21. The molecule has 0 saturated heterocycles. The summed E-state index contributed by atoms with van der Waals surface area (Å²) in [5.74, 6) is 0.561. The van der Waals surface area contributed by atoms with Gasteiger partial charge in [-0.15, -0.1) is 0 Å². The van der Waals surface area contributed by atoms with E-state index in [0.717, 1.165) is 78.3 Å². The Kier molecular flexibility index (Phi) is 8.44. The largest absolute Gasteiger partial charge is 0.456 e. The van der Waals surface area contributed by atoms with Gasteiger partial charge in [0.15, 0.2) is 5.58 Å². The van der Waals surface area contributed by atoms with Crippen LogP contribution in [0.5, 0.6) is 0 Å². The molecule has 0 fully saturated rings. The summed E-state index contributed by atoms with van der Waals surface area (Å²) in [7, 11) is 0. The lowest BCUT2D eigenvalue weighted by molar-refractivity contribution is 0.620. The molecule has 0 aliphatic heterocycles. The number of oxazole rings is 1. The summed E-state index contributed by atoms with van der Waals surface area (Å²) in [6, 6.07) is 74.9. The Bertz CT molecular complexity index is 3500. The molecule has 12 rings (SSSR count). The van der Waals surface area contributed by atoms with Crippen molar-refractivity contribution in [1.29, 1.82) is 0 Å². The molecule has 0 spiro atoms. The van der Waals surface area contributed by atoms with E-state index in [1.807, 2.05) is 30.3 Å². The second-order valence-electron chi connectivity index (χ2n) is 16.8. The van der Waals surface area contributed by atoms with Crippen LogP contribution in [-0.4, -0.2) is 4.98 Å². The Balaban J connectivity index is 1.16. The second-order valence-corrected chi connectivity index (χ2v) is 16.8. The van der Waals surface area contributed by atoms with Gasteiger partial charge in [0.1, 0.15) is 16.7 Å². The molecule has 0 unspecified atom stereocenters. The number of anilines is 6. The lowest BCUT2D eigenvalue weighted by Gasteiger charge is -2.31. The first-order chi connectivity index (χ1) is 31.0. The van der Waals surface area contributed by atoms with E-state index in [1.165, 1.54) is 22.3 Å². The van der Waals surface area contributed by atoms with Crippen LogP contribution in [0.2, 0.25) is 0 Å². The number of fused-ring (bicyclic) bond motifs is 7. The zero-order valence-corrected chi connectivity index (χ0v) is 34.9. The standard InChI is InChI=1S/C58H41N3O2/c1-58(2)48-28-14-12-27-46(48)55-49(58)29-17-30-51(55)61(41-23-10-5-11-24-41)52-37-44(36-50-56(52)63-57(59-50)39-20-8-4-9-21-39)60(42-25-16-22-40(34-42)38-18-6-3-7-19-38)43-32-33-54-47(35-43)45-26-13-15-31-53(45)62-54/h3-37H,1-2H3. The summed E-state index contributed by atoms with van der Waals surface area (Å²) in [6.07, 6.45) is 0. The molecule has 0 N–H and O–H groups in total. The number of furan rings is 1. The molecule has 5 nitrogen and oxygen atoms in total. The number of rotatable bonds is 8. The molecule has 1 aliphatic rings. The molecule has 9 aromatic carbocycles. The van der Waals surface area contributed by atoms with Crippen molar-refractivity contribution in [2.75, 3.05) is 9.80 Å². The van der Waals surface area contributed by atoms with Crippen LogP contribution in [0.1, 0.15) is 25.0 Å². The molecule has 2 aromatic heterocycles. The zero-order chi connectivity index (χ0) is 42.1. The van der Waals surface area contributed by atoms with Crippen molar-refractivity contribution in [3.05, 3.63) is 223 Å². The number of hydrogen-bond donors (Lipinski definition) is 0. The van der Waals surface area contributed by atoms with Crippen molar-refractivity contribution >= 4 is 67.2 Å². The van der Waals surface area contributed by atoms with Gasteiger partial charge in [-0.2, -0.15) is 0 Å². The number of hydrogen-bond acceptors (Lipinski definition) is 5. The Morgan fingerprint density at radius 3 is 1.87 bits per heavy atom. The third-order valence-corrected chi connectivity index (χ3v) is 12.6. The highest BCUT2D eigenvalue weighted by molar-refractivity contribution is 6.07. The molecule has 0 amide bonds. The summed E-state index contributed by atoms with van der Waals surface area (Å²) < 4.78 is 13.3. The normalized spacial score (nSPS) is 12.7. The van der Waals surface area contributed by atoms with Gasteiger partial charge in [-0.3, -0.25) is 0 Å². The van der Waals surface area contributed by atoms with Crippen molar-refractivity contribution in [1.82, 2.24) is 4.98 Å². The van der Waals surface area contributed by atoms with Gasteiger partial charge >= 0.3 is 0 Å². The van der Waals surface area contributed by atoms with Crippen molar-refractivity contribution < 1.29 is 8.83 Å². The van der Waals surface area contributed by atoms with Crippen molar-refractivity contribution in [2.24, 2.45) is 0 Å². The van der Waals surface area contributed by atoms with E-state index in [1.54, 1.807) is 0 Å². The number of para-hydroxylation sites is 2. The van der Waals surface area contributed by atoms with Crippen LogP contribution in [0, 0.1) is 0 Å². The van der Waals surface area contributed by atoms with E-state index in [2.05, 4.69) is 206 Å². The Morgan fingerprint density at radius 2 is 1.05 bits per heavy atom. The molecule has 5 heteroatoms. The van der Waals surface area contributed by atoms with Crippen LogP contribution in [0.25, 0.3) is 66.7 Å². The van der Waals surface area contributed by atoms with E-state index in [0.29, 0.717) is 11.5 Å². The fraction of sp³-hybridized carbons (Fsp3) is 0.0517. The van der Waals surface area contributed by atoms with Crippen molar-refractivity contribution in [2.45, 2.75) is 19.3 Å². The quantitative estimate of drug-likeness (QED) is 0.153. The van der Waals surface area contributed by atoms with E-state index in [-0.39, 0.29) is 5.41 Å². The molecule has 300 valence electrons. The number of nitrogens with zero attached hydrogens (tertiary/aromatic N) is 3. The average molecular weight is 812 g/mol. The molecule has 63 heavy (non-hydrogen) atoms.